The first kappa shape index (κ1) is 13.4. The number of nitrogens with zero attached hydrogens (tertiary/aromatic N) is 1. The molecule has 1 aromatic heterocycles. The summed E-state index contributed by atoms with van der Waals surface area (Å²) in [5, 5.41) is 3.61. The predicted octanol–water partition coefficient (Wildman–Crippen LogP) is 4.67. The van der Waals surface area contributed by atoms with E-state index in [0.29, 0.717) is 6.04 Å². The zero-order valence-corrected chi connectivity index (χ0v) is 13.1. The molecule has 0 unspecified atom stereocenters. The average molecular weight is 291 g/mol. The van der Waals surface area contributed by atoms with Gasteiger partial charge in [0.2, 0.25) is 5.95 Å². The highest BCUT2D eigenvalue weighted by Crippen LogP contribution is 2.34. The second-order valence-electron chi connectivity index (χ2n) is 6.34. The minimum atomic E-state index is 0.350. The van der Waals surface area contributed by atoms with E-state index in [2.05, 4.69) is 47.3 Å². The van der Waals surface area contributed by atoms with E-state index in [0.717, 1.165) is 23.4 Å². The van der Waals surface area contributed by atoms with Crippen molar-refractivity contribution in [2.45, 2.75) is 39.2 Å². The van der Waals surface area contributed by atoms with E-state index in [4.69, 9.17) is 0 Å². The molecule has 0 aliphatic heterocycles. The SMILES string of the molecule is Cc1cc(C)c2c(c1)[C@@H](Nc1nc3ccccc3[nH]1)CCC2. The molecule has 0 fully saturated rings. The molecule has 2 aromatic carbocycles. The molecule has 0 spiro atoms. The van der Waals surface area contributed by atoms with Crippen molar-refractivity contribution in [3.05, 3.63) is 58.7 Å². The molecular formula is C19H21N3. The molecule has 3 aromatic rings. The highest BCUT2D eigenvalue weighted by Gasteiger charge is 2.22. The number of H-pyrrole nitrogens is 1. The second kappa shape index (κ2) is 5.16. The summed E-state index contributed by atoms with van der Waals surface area (Å²) >= 11 is 0. The highest BCUT2D eigenvalue weighted by molar-refractivity contribution is 5.77. The Kier molecular flexibility index (Phi) is 3.14. The number of hydrogen-bond acceptors (Lipinski definition) is 2. The lowest BCUT2D eigenvalue weighted by Crippen LogP contribution is -2.19. The van der Waals surface area contributed by atoms with E-state index in [1.807, 2.05) is 18.2 Å². The first-order chi connectivity index (χ1) is 10.7. The van der Waals surface area contributed by atoms with E-state index in [9.17, 15) is 0 Å². The summed E-state index contributed by atoms with van der Waals surface area (Å²) in [7, 11) is 0. The van der Waals surface area contributed by atoms with E-state index in [1.165, 1.54) is 35.1 Å². The Labute approximate surface area is 130 Å². The zero-order chi connectivity index (χ0) is 15.1. The van der Waals surface area contributed by atoms with Gasteiger partial charge in [-0.1, -0.05) is 29.8 Å². The maximum absolute atomic E-state index is 4.66. The average Bonchev–Trinajstić information content (AvgIpc) is 2.90. The zero-order valence-electron chi connectivity index (χ0n) is 13.1. The number of aryl methyl sites for hydroxylation is 2. The maximum Gasteiger partial charge on any atom is 0.201 e. The van der Waals surface area contributed by atoms with Crippen LogP contribution in [0.4, 0.5) is 5.95 Å². The monoisotopic (exact) mass is 291 g/mol. The van der Waals surface area contributed by atoms with Crippen molar-refractivity contribution >= 4 is 17.0 Å². The van der Waals surface area contributed by atoms with Gasteiger partial charge in [0.1, 0.15) is 0 Å². The van der Waals surface area contributed by atoms with Crippen molar-refractivity contribution < 1.29 is 0 Å². The number of hydrogen-bond donors (Lipinski definition) is 2. The molecule has 1 atom stereocenters. The predicted molar refractivity (Wildman–Crippen MR) is 91.3 cm³/mol. The van der Waals surface area contributed by atoms with Crippen molar-refractivity contribution in [3.63, 3.8) is 0 Å². The topological polar surface area (TPSA) is 40.7 Å². The van der Waals surface area contributed by atoms with Crippen LogP contribution in [0.3, 0.4) is 0 Å². The fourth-order valence-corrected chi connectivity index (χ4v) is 3.66. The maximum atomic E-state index is 4.66. The minimum Gasteiger partial charge on any atom is -0.349 e. The van der Waals surface area contributed by atoms with Crippen molar-refractivity contribution in [1.29, 1.82) is 0 Å². The molecule has 0 radical (unpaired) electrons. The second-order valence-corrected chi connectivity index (χ2v) is 6.34. The third-order valence-corrected chi connectivity index (χ3v) is 4.65. The van der Waals surface area contributed by atoms with Crippen LogP contribution in [0.25, 0.3) is 11.0 Å². The first-order valence-corrected chi connectivity index (χ1v) is 8.02. The molecule has 4 rings (SSSR count). The Morgan fingerprint density at radius 2 is 2.05 bits per heavy atom. The lowest BCUT2D eigenvalue weighted by Gasteiger charge is -2.28. The smallest absolute Gasteiger partial charge is 0.201 e. The van der Waals surface area contributed by atoms with Crippen LogP contribution in [-0.2, 0) is 6.42 Å². The summed E-state index contributed by atoms with van der Waals surface area (Å²) < 4.78 is 0. The quantitative estimate of drug-likeness (QED) is 0.720. The normalized spacial score (nSPS) is 17.5. The van der Waals surface area contributed by atoms with Crippen LogP contribution in [0.2, 0.25) is 0 Å². The third-order valence-electron chi connectivity index (χ3n) is 4.65. The molecule has 0 saturated carbocycles. The number of aromatic amines is 1. The fourth-order valence-electron chi connectivity index (χ4n) is 3.66. The van der Waals surface area contributed by atoms with Crippen LogP contribution in [0.15, 0.2) is 36.4 Å². The van der Waals surface area contributed by atoms with Crippen LogP contribution in [0.1, 0.15) is 41.1 Å². The Morgan fingerprint density at radius 3 is 2.91 bits per heavy atom. The van der Waals surface area contributed by atoms with E-state index < -0.39 is 0 Å². The van der Waals surface area contributed by atoms with Gasteiger partial charge in [-0.2, -0.15) is 0 Å². The molecule has 2 N–H and O–H groups in total. The van der Waals surface area contributed by atoms with Gasteiger partial charge in [-0.05, 0) is 61.9 Å². The molecule has 0 amide bonds. The van der Waals surface area contributed by atoms with Gasteiger partial charge < -0.3 is 10.3 Å². The molecule has 112 valence electrons. The van der Waals surface area contributed by atoms with Gasteiger partial charge in [0.05, 0.1) is 17.1 Å². The highest BCUT2D eigenvalue weighted by atomic mass is 15.1. The van der Waals surface area contributed by atoms with Crippen molar-refractivity contribution in [2.75, 3.05) is 5.32 Å². The number of imidazole rings is 1. The lowest BCUT2D eigenvalue weighted by molar-refractivity contribution is 0.594. The molecule has 0 bridgehead atoms. The van der Waals surface area contributed by atoms with Gasteiger partial charge in [0.25, 0.3) is 0 Å². The van der Waals surface area contributed by atoms with Gasteiger partial charge in [-0.3, -0.25) is 0 Å². The summed E-state index contributed by atoms with van der Waals surface area (Å²) in [6, 6.07) is 13.1. The van der Waals surface area contributed by atoms with Gasteiger partial charge in [-0.25, -0.2) is 4.98 Å². The molecular weight excluding hydrogens is 270 g/mol. The summed E-state index contributed by atoms with van der Waals surface area (Å²) in [6.45, 7) is 4.41. The third kappa shape index (κ3) is 2.27. The lowest BCUT2D eigenvalue weighted by atomic mass is 9.84. The summed E-state index contributed by atoms with van der Waals surface area (Å²) in [5.41, 5.74) is 7.83. The van der Waals surface area contributed by atoms with Gasteiger partial charge in [0, 0.05) is 0 Å². The summed E-state index contributed by atoms with van der Waals surface area (Å²) in [6.07, 6.45) is 3.58. The van der Waals surface area contributed by atoms with E-state index in [-0.39, 0.29) is 0 Å². The van der Waals surface area contributed by atoms with Crippen LogP contribution < -0.4 is 5.32 Å². The van der Waals surface area contributed by atoms with Crippen LogP contribution in [0, 0.1) is 13.8 Å². The first-order valence-electron chi connectivity index (χ1n) is 8.02. The van der Waals surface area contributed by atoms with E-state index in [1.54, 1.807) is 0 Å². The largest absolute Gasteiger partial charge is 0.349 e. The Morgan fingerprint density at radius 1 is 1.18 bits per heavy atom. The molecule has 1 heterocycles. The Bertz CT molecular complexity index is 799. The summed E-state index contributed by atoms with van der Waals surface area (Å²) in [5.74, 6) is 0.873. The van der Waals surface area contributed by atoms with Crippen LogP contribution >= 0.6 is 0 Å². The number of aromatic nitrogens is 2. The number of fused-ring (bicyclic) bond motifs is 2. The number of nitrogens with one attached hydrogen (secondary N) is 2. The van der Waals surface area contributed by atoms with Gasteiger partial charge >= 0.3 is 0 Å². The molecule has 1 aliphatic carbocycles. The standard InChI is InChI=1S/C19H21N3/c1-12-10-13(2)14-6-5-9-16(15(14)11-12)20-19-21-17-7-3-4-8-18(17)22-19/h3-4,7-8,10-11,16H,5-6,9H2,1-2H3,(H2,20,21,22)/t16-/m0/s1. The molecule has 22 heavy (non-hydrogen) atoms. The number of benzene rings is 2. The number of anilines is 1. The Hall–Kier alpha value is -2.29. The molecule has 1 aliphatic rings. The summed E-state index contributed by atoms with van der Waals surface area (Å²) in [4.78, 5) is 8.04. The van der Waals surface area contributed by atoms with Crippen molar-refractivity contribution in [3.8, 4) is 0 Å². The van der Waals surface area contributed by atoms with Crippen molar-refractivity contribution in [2.24, 2.45) is 0 Å². The van der Waals surface area contributed by atoms with Crippen molar-refractivity contribution in [1.82, 2.24) is 9.97 Å². The molecule has 3 nitrogen and oxygen atoms in total. The van der Waals surface area contributed by atoms with Gasteiger partial charge in [0.15, 0.2) is 0 Å². The minimum absolute atomic E-state index is 0.350. The number of para-hydroxylation sites is 2. The van der Waals surface area contributed by atoms with Gasteiger partial charge in [-0.15, -0.1) is 0 Å². The van der Waals surface area contributed by atoms with E-state index >= 15 is 0 Å². The molecule has 0 saturated heterocycles. The Balaban J connectivity index is 1.70. The molecule has 3 heteroatoms. The van der Waals surface area contributed by atoms with Crippen LogP contribution in [-0.4, -0.2) is 9.97 Å². The fraction of sp³-hybridized carbons (Fsp3) is 0.316. The number of rotatable bonds is 2. The van der Waals surface area contributed by atoms with Crippen LogP contribution in [0.5, 0.6) is 0 Å².